The number of rotatable bonds is 4. The molecule has 0 aliphatic rings. The molecule has 19 heavy (non-hydrogen) atoms. The normalized spacial score (nSPS) is 12.5. The number of aliphatic hydroxyl groups is 1. The molecular weight excluding hydrogens is 348 g/mol. The molecule has 2 rings (SSSR count). The largest absolute Gasteiger partial charge is 0.493 e. The minimum atomic E-state index is -0.710. The van der Waals surface area contributed by atoms with E-state index in [1.807, 2.05) is 37.4 Å². The van der Waals surface area contributed by atoms with Gasteiger partial charge in [0.25, 0.3) is 0 Å². The lowest BCUT2D eigenvalue weighted by Gasteiger charge is -2.12. The molecule has 0 spiro atoms. The van der Waals surface area contributed by atoms with Crippen LogP contribution in [0.15, 0.2) is 28.1 Å². The van der Waals surface area contributed by atoms with Crippen LogP contribution in [0.5, 0.6) is 5.75 Å². The van der Waals surface area contributed by atoms with Gasteiger partial charge < -0.3 is 9.84 Å². The first-order valence-electron chi connectivity index (χ1n) is 5.88. The molecule has 5 heteroatoms. The van der Waals surface area contributed by atoms with E-state index in [0.29, 0.717) is 11.6 Å². The Hall–Kier alpha value is -0.550. The van der Waals surface area contributed by atoms with Crippen LogP contribution in [0.1, 0.15) is 29.0 Å². The van der Waals surface area contributed by atoms with E-state index in [0.717, 1.165) is 26.2 Å². The summed E-state index contributed by atoms with van der Waals surface area (Å²) in [5, 5.41) is 13.0. The van der Waals surface area contributed by atoms with Crippen molar-refractivity contribution in [2.75, 3.05) is 6.61 Å². The number of hydrogen-bond donors (Lipinski definition) is 1. The van der Waals surface area contributed by atoms with Gasteiger partial charge in [0.1, 0.15) is 11.9 Å². The van der Waals surface area contributed by atoms with E-state index in [-0.39, 0.29) is 0 Å². The van der Waals surface area contributed by atoms with Gasteiger partial charge >= 0.3 is 0 Å². The molecule has 1 unspecified atom stereocenters. The summed E-state index contributed by atoms with van der Waals surface area (Å²) in [6.07, 6.45) is -0.710. The van der Waals surface area contributed by atoms with Crippen molar-refractivity contribution in [1.29, 1.82) is 0 Å². The second-order valence-electron chi connectivity index (χ2n) is 4.12. The number of aliphatic hydroxyl groups excluding tert-OH is 1. The van der Waals surface area contributed by atoms with E-state index < -0.39 is 6.10 Å². The van der Waals surface area contributed by atoms with Gasteiger partial charge in [-0.1, -0.05) is 17.7 Å². The predicted molar refractivity (Wildman–Crippen MR) is 83.4 cm³/mol. The zero-order valence-corrected chi connectivity index (χ0v) is 13.8. The Balaban J connectivity index is 2.32. The number of thiophene rings is 1. The summed E-state index contributed by atoms with van der Waals surface area (Å²) in [7, 11) is 0. The fourth-order valence-corrected chi connectivity index (χ4v) is 3.56. The third kappa shape index (κ3) is 3.14. The zero-order valence-electron chi connectivity index (χ0n) is 10.6. The van der Waals surface area contributed by atoms with Crippen LogP contribution in [0.2, 0.25) is 5.02 Å². The van der Waals surface area contributed by atoms with Gasteiger partial charge in [-0.3, -0.25) is 0 Å². The number of aryl methyl sites for hydroxylation is 1. The highest BCUT2D eigenvalue weighted by Crippen LogP contribution is 2.37. The van der Waals surface area contributed by atoms with Crippen LogP contribution in [-0.2, 0) is 0 Å². The summed E-state index contributed by atoms with van der Waals surface area (Å²) in [6, 6.07) is 5.56. The number of halogens is 2. The van der Waals surface area contributed by atoms with Gasteiger partial charge in [-0.25, -0.2) is 0 Å². The van der Waals surface area contributed by atoms with Crippen molar-refractivity contribution in [3.05, 3.63) is 49.1 Å². The Morgan fingerprint density at radius 3 is 2.74 bits per heavy atom. The third-order valence-corrected chi connectivity index (χ3v) is 5.13. The molecule has 0 saturated heterocycles. The highest BCUT2D eigenvalue weighted by atomic mass is 79.9. The highest BCUT2D eigenvalue weighted by Gasteiger charge is 2.18. The van der Waals surface area contributed by atoms with Crippen LogP contribution in [0.25, 0.3) is 0 Å². The second-order valence-corrected chi connectivity index (χ2v) is 6.27. The summed E-state index contributed by atoms with van der Waals surface area (Å²) in [6.45, 7) is 4.48. The zero-order chi connectivity index (χ0) is 14.0. The topological polar surface area (TPSA) is 29.5 Å². The molecule has 2 nitrogen and oxygen atoms in total. The van der Waals surface area contributed by atoms with E-state index in [4.69, 9.17) is 16.3 Å². The molecule has 0 bridgehead atoms. The lowest BCUT2D eigenvalue weighted by Crippen LogP contribution is -1.99. The van der Waals surface area contributed by atoms with Crippen LogP contribution in [0.3, 0.4) is 0 Å². The maximum atomic E-state index is 10.4. The van der Waals surface area contributed by atoms with E-state index in [9.17, 15) is 5.11 Å². The number of ether oxygens (including phenoxy) is 1. The first kappa shape index (κ1) is 14.9. The van der Waals surface area contributed by atoms with Crippen molar-refractivity contribution in [2.45, 2.75) is 20.0 Å². The predicted octanol–water partition coefficient (Wildman–Crippen LogP) is 4.95. The molecule has 102 valence electrons. The molecule has 0 saturated carbocycles. The molecule has 1 aromatic carbocycles. The summed E-state index contributed by atoms with van der Waals surface area (Å²) in [4.78, 5) is 0.773. The minimum absolute atomic E-state index is 0.608. The molecule has 0 amide bonds. The molecule has 1 heterocycles. The smallest absolute Gasteiger partial charge is 0.133 e. The van der Waals surface area contributed by atoms with Crippen molar-refractivity contribution in [3.63, 3.8) is 0 Å². The summed E-state index contributed by atoms with van der Waals surface area (Å²) < 4.78 is 6.28. The van der Waals surface area contributed by atoms with Crippen molar-refractivity contribution < 1.29 is 9.84 Å². The maximum Gasteiger partial charge on any atom is 0.133 e. The van der Waals surface area contributed by atoms with Crippen molar-refractivity contribution in [3.8, 4) is 5.75 Å². The quantitative estimate of drug-likeness (QED) is 0.834. The SMILES string of the molecule is CCOc1ccc(C(O)c2scc(C)c2Cl)cc1Br. The van der Waals surface area contributed by atoms with E-state index >= 15 is 0 Å². The van der Waals surface area contributed by atoms with Crippen LogP contribution in [0, 0.1) is 6.92 Å². The standard InChI is InChI=1S/C14H14BrClO2S/c1-3-18-11-5-4-9(6-10(11)15)13(17)14-12(16)8(2)7-19-14/h4-7,13,17H,3H2,1-2H3. The van der Waals surface area contributed by atoms with Crippen LogP contribution >= 0.6 is 38.9 Å². The van der Waals surface area contributed by atoms with Gasteiger partial charge in [0, 0.05) is 0 Å². The monoisotopic (exact) mass is 360 g/mol. The van der Waals surface area contributed by atoms with E-state index in [1.165, 1.54) is 11.3 Å². The third-order valence-electron chi connectivity index (χ3n) is 2.75. The molecule has 1 aromatic heterocycles. The first-order valence-corrected chi connectivity index (χ1v) is 7.93. The fraction of sp³-hybridized carbons (Fsp3) is 0.286. The Morgan fingerprint density at radius 1 is 1.47 bits per heavy atom. The van der Waals surface area contributed by atoms with Crippen LogP contribution in [0.4, 0.5) is 0 Å². The van der Waals surface area contributed by atoms with Crippen LogP contribution in [-0.4, -0.2) is 11.7 Å². The second kappa shape index (κ2) is 6.27. The molecule has 0 radical (unpaired) electrons. The molecule has 0 fully saturated rings. The minimum Gasteiger partial charge on any atom is -0.493 e. The molecular formula is C14H14BrClO2S. The molecule has 0 aliphatic carbocycles. The first-order chi connectivity index (χ1) is 9.04. The van der Waals surface area contributed by atoms with Gasteiger partial charge in [-0.15, -0.1) is 11.3 Å². The highest BCUT2D eigenvalue weighted by molar-refractivity contribution is 9.10. The van der Waals surface area contributed by atoms with Gasteiger partial charge in [0.05, 0.1) is 21.0 Å². The average molecular weight is 362 g/mol. The molecule has 1 N–H and O–H groups in total. The van der Waals surface area contributed by atoms with E-state index in [1.54, 1.807) is 0 Å². The average Bonchev–Trinajstić information content (AvgIpc) is 2.72. The maximum absolute atomic E-state index is 10.4. The molecule has 2 aromatic rings. The van der Waals surface area contributed by atoms with Crippen molar-refractivity contribution in [1.82, 2.24) is 0 Å². The number of benzene rings is 1. The summed E-state index contributed by atoms with van der Waals surface area (Å²) in [5.41, 5.74) is 1.78. The van der Waals surface area contributed by atoms with Gasteiger partial charge in [0.15, 0.2) is 0 Å². The lowest BCUT2D eigenvalue weighted by molar-refractivity contribution is 0.224. The van der Waals surface area contributed by atoms with Crippen LogP contribution < -0.4 is 4.74 Å². The van der Waals surface area contributed by atoms with Gasteiger partial charge in [0.2, 0.25) is 0 Å². The van der Waals surface area contributed by atoms with Gasteiger partial charge in [-0.05, 0) is 58.4 Å². The lowest BCUT2D eigenvalue weighted by atomic mass is 10.1. The van der Waals surface area contributed by atoms with Gasteiger partial charge in [-0.2, -0.15) is 0 Å². The van der Waals surface area contributed by atoms with E-state index in [2.05, 4.69) is 15.9 Å². The number of hydrogen-bond acceptors (Lipinski definition) is 3. The van der Waals surface area contributed by atoms with Crippen molar-refractivity contribution >= 4 is 38.9 Å². The molecule has 0 aliphatic heterocycles. The van der Waals surface area contributed by atoms with Crippen molar-refractivity contribution in [2.24, 2.45) is 0 Å². The summed E-state index contributed by atoms with van der Waals surface area (Å²) in [5.74, 6) is 0.770. The Kier molecular flexibility index (Phi) is 4.90. The summed E-state index contributed by atoms with van der Waals surface area (Å²) >= 11 is 11.1. The molecule has 1 atom stereocenters. The fourth-order valence-electron chi connectivity index (χ4n) is 1.75. The Bertz CT molecular complexity index is 583. The Labute approximate surface area is 130 Å². The Morgan fingerprint density at radius 2 is 2.21 bits per heavy atom.